The number of phenolic OH excluding ortho intramolecular Hbond substituents is 1. The second kappa shape index (κ2) is 19.6. The molecule has 6 amide bonds. The summed E-state index contributed by atoms with van der Waals surface area (Å²) in [6, 6.07) is 23.8. The summed E-state index contributed by atoms with van der Waals surface area (Å²) in [7, 11) is 0. The zero-order chi connectivity index (χ0) is 44.2. The average Bonchev–Trinajstić information content (AvgIpc) is 3.22. The highest BCUT2D eigenvalue weighted by molar-refractivity contribution is 6.10. The number of hydrogen-bond donors (Lipinski definition) is 8. The van der Waals surface area contributed by atoms with Crippen LogP contribution in [0.1, 0.15) is 72.1 Å². The standard InChI is InChI=1S/C42H37N9O10/c1-22(2)61-36-32(20-19-31(35(36)53)40(57)46-28-15-9-26(10-16-28)42(59)60)48-38(55)24-5-13-29(14-6-24)47-41(58)33(21-34(43)52)49-39(56)25-3-11-27(12-4-25)45-37(54)23-7-17-30(18-8-23)50-51-44/h3-20,22,33,53H,21H2,1-2H3,(H2,43,52)(H,45,54)(H,46,57)(H,47,58)(H,48,55)(H,49,56)(H,59,60). The molecule has 0 aliphatic carbocycles. The Morgan fingerprint density at radius 1 is 0.656 bits per heavy atom. The second-order valence-electron chi connectivity index (χ2n) is 13.3. The van der Waals surface area contributed by atoms with Crippen molar-refractivity contribution in [3.8, 4) is 11.5 Å². The third-order valence-electron chi connectivity index (χ3n) is 8.50. The fraction of sp³-hybridized carbons (Fsp3) is 0.119. The number of phenols is 1. The monoisotopic (exact) mass is 827 g/mol. The van der Waals surface area contributed by atoms with Crippen LogP contribution in [0.2, 0.25) is 0 Å². The number of anilines is 4. The van der Waals surface area contributed by atoms with Gasteiger partial charge < -0.3 is 47.3 Å². The van der Waals surface area contributed by atoms with Crippen molar-refractivity contribution >= 4 is 69.8 Å². The first-order valence-electron chi connectivity index (χ1n) is 18.2. The van der Waals surface area contributed by atoms with Gasteiger partial charge in [0.15, 0.2) is 11.5 Å². The van der Waals surface area contributed by atoms with Crippen molar-refractivity contribution in [2.75, 3.05) is 21.3 Å². The molecule has 9 N–H and O–H groups in total. The number of amides is 6. The van der Waals surface area contributed by atoms with Crippen LogP contribution in [0.15, 0.2) is 114 Å². The molecule has 19 nitrogen and oxygen atoms in total. The molecular formula is C42H37N9O10. The summed E-state index contributed by atoms with van der Waals surface area (Å²) in [6.07, 6.45) is -1.03. The van der Waals surface area contributed by atoms with Crippen molar-refractivity contribution in [2.45, 2.75) is 32.4 Å². The Kier molecular flexibility index (Phi) is 14.0. The Bertz CT molecular complexity index is 2540. The van der Waals surface area contributed by atoms with Gasteiger partial charge in [-0.15, -0.1) is 0 Å². The number of nitrogens with zero attached hydrogens (tertiary/aromatic N) is 3. The molecule has 5 aromatic rings. The molecule has 0 saturated carbocycles. The van der Waals surface area contributed by atoms with E-state index in [9.17, 15) is 38.7 Å². The van der Waals surface area contributed by atoms with Gasteiger partial charge in [0.05, 0.1) is 29.3 Å². The number of carboxylic acid groups (broad SMARTS) is 1. The Morgan fingerprint density at radius 2 is 1.13 bits per heavy atom. The van der Waals surface area contributed by atoms with Gasteiger partial charge in [-0.2, -0.15) is 0 Å². The predicted octanol–water partition coefficient (Wildman–Crippen LogP) is 6.19. The number of hydrogen-bond acceptors (Lipinski definition) is 10. The number of aromatic carboxylic acids is 1. The third kappa shape index (κ3) is 11.7. The summed E-state index contributed by atoms with van der Waals surface area (Å²) in [4.78, 5) is 91.0. The zero-order valence-corrected chi connectivity index (χ0v) is 32.3. The Balaban J connectivity index is 1.21. The number of aromatic hydroxyl groups is 1. The van der Waals surface area contributed by atoms with E-state index in [1.54, 1.807) is 13.8 Å². The maximum Gasteiger partial charge on any atom is 0.335 e. The van der Waals surface area contributed by atoms with E-state index in [1.807, 2.05) is 0 Å². The number of rotatable bonds is 16. The van der Waals surface area contributed by atoms with Crippen LogP contribution in [0.4, 0.5) is 28.4 Å². The molecule has 0 radical (unpaired) electrons. The highest BCUT2D eigenvalue weighted by Gasteiger charge is 2.25. The van der Waals surface area contributed by atoms with Crippen LogP contribution >= 0.6 is 0 Å². The van der Waals surface area contributed by atoms with Crippen molar-refractivity contribution in [1.29, 1.82) is 0 Å². The number of nitrogens with two attached hydrogens (primary N) is 1. The van der Waals surface area contributed by atoms with E-state index in [-0.39, 0.29) is 45.1 Å². The van der Waals surface area contributed by atoms with E-state index >= 15 is 0 Å². The summed E-state index contributed by atoms with van der Waals surface area (Å²) in [5.41, 5.74) is 15.5. The van der Waals surface area contributed by atoms with Gasteiger partial charge in [-0.3, -0.25) is 28.8 Å². The number of ether oxygens (including phenoxy) is 1. The molecule has 0 fully saturated rings. The molecular weight excluding hydrogens is 791 g/mol. The molecule has 0 heterocycles. The number of benzene rings is 5. The molecule has 1 atom stereocenters. The van der Waals surface area contributed by atoms with Crippen LogP contribution in [0, 0.1) is 0 Å². The maximum atomic E-state index is 13.3. The highest BCUT2D eigenvalue weighted by Crippen LogP contribution is 2.39. The normalized spacial score (nSPS) is 10.9. The van der Waals surface area contributed by atoms with Crippen LogP contribution in [0.25, 0.3) is 10.4 Å². The quantitative estimate of drug-likeness (QED) is 0.0317. The third-order valence-corrected chi connectivity index (χ3v) is 8.50. The Morgan fingerprint density at radius 3 is 1.64 bits per heavy atom. The lowest BCUT2D eigenvalue weighted by molar-refractivity contribution is -0.123. The van der Waals surface area contributed by atoms with Gasteiger partial charge in [-0.05, 0) is 116 Å². The number of carbonyl (C=O) groups is 7. The van der Waals surface area contributed by atoms with Gasteiger partial charge in [-0.25, -0.2) is 4.79 Å². The number of carbonyl (C=O) groups excluding carboxylic acids is 6. The van der Waals surface area contributed by atoms with Crippen molar-refractivity contribution in [3.63, 3.8) is 0 Å². The van der Waals surface area contributed by atoms with Crippen LogP contribution in [0.3, 0.4) is 0 Å². The maximum absolute atomic E-state index is 13.3. The van der Waals surface area contributed by atoms with Crippen molar-refractivity contribution in [2.24, 2.45) is 10.8 Å². The Hall–Kier alpha value is -8.70. The molecule has 19 heteroatoms. The van der Waals surface area contributed by atoms with Gasteiger partial charge >= 0.3 is 5.97 Å². The van der Waals surface area contributed by atoms with Crippen molar-refractivity contribution < 1.29 is 48.5 Å². The van der Waals surface area contributed by atoms with E-state index in [2.05, 4.69) is 36.6 Å². The van der Waals surface area contributed by atoms with E-state index < -0.39 is 65.7 Å². The largest absolute Gasteiger partial charge is 0.504 e. The van der Waals surface area contributed by atoms with Gasteiger partial charge in [-0.1, -0.05) is 17.2 Å². The topological polar surface area (TPSA) is 304 Å². The molecule has 310 valence electrons. The van der Waals surface area contributed by atoms with Crippen molar-refractivity contribution in [1.82, 2.24) is 5.32 Å². The summed E-state index contributed by atoms with van der Waals surface area (Å²) < 4.78 is 5.76. The summed E-state index contributed by atoms with van der Waals surface area (Å²) in [5.74, 6) is -6.08. The molecule has 0 aromatic heterocycles. The summed E-state index contributed by atoms with van der Waals surface area (Å²) in [5, 5.41) is 36.6. The van der Waals surface area contributed by atoms with E-state index in [1.165, 1.54) is 109 Å². The predicted molar refractivity (Wildman–Crippen MR) is 223 cm³/mol. The lowest BCUT2D eigenvalue weighted by atomic mass is 10.1. The van der Waals surface area contributed by atoms with E-state index in [4.69, 9.17) is 21.1 Å². The first kappa shape index (κ1) is 43.4. The summed E-state index contributed by atoms with van der Waals surface area (Å²) >= 11 is 0. The molecule has 0 saturated heterocycles. The Labute approximate surface area is 346 Å². The molecule has 0 aliphatic heterocycles. The number of carboxylic acids is 1. The van der Waals surface area contributed by atoms with Crippen LogP contribution < -0.4 is 37.1 Å². The zero-order valence-electron chi connectivity index (χ0n) is 32.3. The molecule has 1 unspecified atom stereocenters. The molecule has 61 heavy (non-hydrogen) atoms. The van der Waals surface area contributed by atoms with Gasteiger partial charge in [0.2, 0.25) is 11.8 Å². The first-order valence-corrected chi connectivity index (χ1v) is 18.2. The van der Waals surface area contributed by atoms with Gasteiger partial charge in [0.25, 0.3) is 23.6 Å². The van der Waals surface area contributed by atoms with E-state index in [0.29, 0.717) is 16.9 Å². The van der Waals surface area contributed by atoms with Gasteiger partial charge in [0.1, 0.15) is 6.04 Å². The highest BCUT2D eigenvalue weighted by atomic mass is 16.5. The molecule has 5 rings (SSSR count). The second-order valence-corrected chi connectivity index (χ2v) is 13.3. The smallest absolute Gasteiger partial charge is 0.335 e. The van der Waals surface area contributed by atoms with Gasteiger partial charge in [0, 0.05) is 44.4 Å². The lowest BCUT2D eigenvalue weighted by Crippen LogP contribution is -2.46. The SMILES string of the molecule is CC(C)Oc1c(NC(=O)c2ccc(NC(=O)C(CC(N)=O)NC(=O)c3ccc(NC(=O)c4ccc(N=[N+]=[N-])cc4)cc3)cc2)ccc(C(=O)Nc2ccc(C(=O)O)cc2)c1O. The van der Waals surface area contributed by atoms with Crippen LogP contribution in [0.5, 0.6) is 11.5 Å². The molecule has 0 bridgehead atoms. The molecule has 5 aromatic carbocycles. The van der Waals surface area contributed by atoms with Crippen molar-refractivity contribution in [3.05, 3.63) is 147 Å². The molecule has 0 spiro atoms. The van der Waals surface area contributed by atoms with Crippen LogP contribution in [-0.2, 0) is 9.59 Å². The minimum Gasteiger partial charge on any atom is -0.504 e. The van der Waals surface area contributed by atoms with Crippen LogP contribution in [-0.4, -0.2) is 63.8 Å². The summed E-state index contributed by atoms with van der Waals surface area (Å²) in [6.45, 7) is 3.35. The number of nitrogens with one attached hydrogen (secondary N) is 5. The molecule has 0 aliphatic rings. The fourth-order valence-electron chi connectivity index (χ4n) is 5.52. The first-order chi connectivity index (χ1) is 29.1. The minimum absolute atomic E-state index is 0.0183. The average molecular weight is 828 g/mol. The number of primary amides is 1. The van der Waals surface area contributed by atoms with E-state index in [0.717, 1.165) is 0 Å². The lowest BCUT2D eigenvalue weighted by Gasteiger charge is -2.19. The minimum atomic E-state index is -1.39. The fourth-order valence-corrected chi connectivity index (χ4v) is 5.52. The number of azide groups is 1.